The van der Waals surface area contributed by atoms with Crippen LogP contribution >= 0.6 is 0 Å². The molecule has 43 heavy (non-hydrogen) atoms. The van der Waals surface area contributed by atoms with Gasteiger partial charge in [-0.05, 0) is 66.2 Å². The molecule has 7 rings (SSSR count). The first-order chi connectivity index (χ1) is 21.2. The van der Waals surface area contributed by atoms with Crippen molar-refractivity contribution in [2.75, 3.05) is 0 Å². The Labute approximate surface area is 255 Å². The third-order valence-corrected chi connectivity index (χ3v) is 9.33. The Morgan fingerprint density at radius 3 is 2.28 bits per heavy atom. The van der Waals surface area contributed by atoms with Gasteiger partial charge in [0.25, 0.3) is 0 Å². The van der Waals surface area contributed by atoms with E-state index in [0.29, 0.717) is 11.8 Å². The first-order valence-electron chi connectivity index (χ1n) is 15.5. The standard InChI is InChI=1S/C40H37N3/c1-28-35(33-25-39(30-15-7-3-8-16-30)43-40(26-33)31-17-9-4-10-18-31)23-34(37-19-11-12-22-41-37)24-36(28)38-21-20-32(27-42-38)29-13-5-2-6-14-29/h2-17,19-23,26-28,31,35-36,39H,18,24-25H2,1H3. The van der Waals surface area contributed by atoms with Gasteiger partial charge in [0.1, 0.15) is 0 Å². The molecule has 4 aromatic rings. The number of allylic oxidation sites excluding steroid dienone is 7. The summed E-state index contributed by atoms with van der Waals surface area (Å²) in [7, 11) is 0. The Balaban J connectivity index is 1.27. The van der Waals surface area contributed by atoms with Gasteiger partial charge in [0.05, 0.1) is 11.7 Å². The average molecular weight is 560 g/mol. The Kier molecular flexibility index (Phi) is 7.79. The lowest BCUT2D eigenvalue weighted by Gasteiger charge is -2.38. The van der Waals surface area contributed by atoms with E-state index in [2.05, 4.69) is 128 Å². The molecule has 0 radical (unpaired) electrons. The second-order valence-corrected chi connectivity index (χ2v) is 12.0. The molecule has 3 heterocycles. The second kappa shape index (κ2) is 12.3. The largest absolute Gasteiger partial charge is 0.281 e. The Morgan fingerprint density at radius 2 is 1.56 bits per heavy atom. The molecule has 0 N–H and O–H groups in total. The van der Waals surface area contributed by atoms with Crippen molar-refractivity contribution in [1.82, 2.24) is 9.97 Å². The first kappa shape index (κ1) is 27.2. The number of nitrogens with zero attached hydrogens (tertiary/aromatic N) is 3. The normalized spacial score (nSPS) is 25.0. The van der Waals surface area contributed by atoms with Gasteiger partial charge in [-0.25, -0.2) is 0 Å². The molecule has 0 fully saturated rings. The third-order valence-electron chi connectivity index (χ3n) is 9.33. The van der Waals surface area contributed by atoms with Crippen molar-refractivity contribution in [2.24, 2.45) is 22.7 Å². The van der Waals surface area contributed by atoms with Crippen molar-refractivity contribution in [3.05, 3.63) is 162 Å². The number of pyridine rings is 2. The summed E-state index contributed by atoms with van der Waals surface area (Å²) in [5.41, 5.74) is 9.83. The molecular formula is C40H37N3. The molecule has 2 aliphatic carbocycles. The van der Waals surface area contributed by atoms with Crippen LogP contribution < -0.4 is 0 Å². The third kappa shape index (κ3) is 5.85. The van der Waals surface area contributed by atoms with Gasteiger partial charge in [0.2, 0.25) is 0 Å². The van der Waals surface area contributed by atoms with E-state index in [1.54, 1.807) is 0 Å². The van der Waals surface area contributed by atoms with Crippen molar-refractivity contribution in [1.29, 1.82) is 0 Å². The molecule has 3 nitrogen and oxygen atoms in total. The van der Waals surface area contributed by atoms with E-state index in [0.717, 1.165) is 36.2 Å². The molecule has 2 aromatic carbocycles. The maximum atomic E-state index is 5.35. The van der Waals surface area contributed by atoms with E-state index in [1.807, 2.05) is 18.5 Å². The Hall–Kier alpha value is -4.63. The lowest BCUT2D eigenvalue weighted by molar-refractivity contribution is 0.363. The summed E-state index contributed by atoms with van der Waals surface area (Å²) in [6, 6.07) is 32.2. The zero-order valence-electron chi connectivity index (χ0n) is 24.6. The Bertz CT molecular complexity index is 1700. The highest BCUT2D eigenvalue weighted by Crippen LogP contribution is 2.48. The number of aliphatic imine (C=N–C) groups is 1. The summed E-state index contributed by atoms with van der Waals surface area (Å²) in [6.07, 6.45) is 20.6. The predicted molar refractivity (Wildman–Crippen MR) is 178 cm³/mol. The number of rotatable bonds is 6. The van der Waals surface area contributed by atoms with Crippen LogP contribution in [-0.2, 0) is 0 Å². The smallest absolute Gasteiger partial charge is 0.0789 e. The zero-order valence-corrected chi connectivity index (χ0v) is 24.6. The molecule has 212 valence electrons. The van der Waals surface area contributed by atoms with E-state index >= 15 is 0 Å². The first-order valence-corrected chi connectivity index (χ1v) is 15.5. The highest BCUT2D eigenvalue weighted by molar-refractivity contribution is 6.00. The van der Waals surface area contributed by atoms with E-state index in [4.69, 9.17) is 15.0 Å². The molecule has 0 bridgehead atoms. The number of benzene rings is 2. The van der Waals surface area contributed by atoms with Gasteiger partial charge in [0, 0.05) is 47.1 Å². The van der Waals surface area contributed by atoms with Crippen molar-refractivity contribution in [2.45, 2.75) is 38.1 Å². The van der Waals surface area contributed by atoms with Crippen LogP contribution in [0.15, 0.2) is 150 Å². The molecule has 0 amide bonds. The molecule has 0 saturated heterocycles. The minimum atomic E-state index is 0.123. The topological polar surface area (TPSA) is 38.1 Å². The van der Waals surface area contributed by atoms with Crippen molar-refractivity contribution < 1.29 is 0 Å². The SMILES string of the molecule is CC1C(C2=CC(C3C=CC=CC3)=NC(c3ccccc3)C2)C=C(c2ccccn2)CC1c1ccc(-c2ccccc2)cn1. The Morgan fingerprint density at radius 1 is 0.744 bits per heavy atom. The van der Waals surface area contributed by atoms with E-state index in [-0.39, 0.29) is 17.9 Å². The minimum Gasteiger partial charge on any atom is -0.281 e. The summed E-state index contributed by atoms with van der Waals surface area (Å²) >= 11 is 0. The van der Waals surface area contributed by atoms with E-state index in [1.165, 1.54) is 28.0 Å². The lowest BCUT2D eigenvalue weighted by Crippen LogP contribution is -2.28. The van der Waals surface area contributed by atoms with E-state index in [9.17, 15) is 0 Å². The molecule has 5 unspecified atom stereocenters. The van der Waals surface area contributed by atoms with Crippen molar-refractivity contribution >= 4 is 11.3 Å². The maximum absolute atomic E-state index is 5.35. The quantitative estimate of drug-likeness (QED) is 0.236. The van der Waals surface area contributed by atoms with Crippen LogP contribution in [0.3, 0.4) is 0 Å². The molecular weight excluding hydrogens is 522 g/mol. The van der Waals surface area contributed by atoms with Gasteiger partial charge >= 0.3 is 0 Å². The fourth-order valence-corrected chi connectivity index (χ4v) is 6.93. The summed E-state index contributed by atoms with van der Waals surface area (Å²) < 4.78 is 0. The number of aromatic nitrogens is 2. The summed E-state index contributed by atoms with van der Waals surface area (Å²) in [5.74, 6) is 1.25. The van der Waals surface area contributed by atoms with Crippen LogP contribution in [0.2, 0.25) is 0 Å². The number of hydrogen-bond donors (Lipinski definition) is 0. The lowest BCUT2D eigenvalue weighted by atomic mass is 9.67. The monoisotopic (exact) mass is 559 g/mol. The van der Waals surface area contributed by atoms with Gasteiger partial charge in [0.15, 0.2) is 0 Å². The van der Waals surface area contributed by atoms with Crippen LogP contribution in [0.1, 0.15) is 55.1 Å². The summed E-state index contributed by atoms with van der Waals surface area (Å²) in [5, 5.41) is 0. The fourth-order valence-electron chi connectivity index (χ4n) is 6.93. The summed E-state index contributed by atoms with van der Waals surface area (Å²) in [6.45, 7) is 2.42. The van der Waals surface area contributed by atoms with Crippen LogP contribution in [0.25, 0.3) is 16.7 Å². The van der Waals surface area contributed by atoms with Gasteiger partial charge in [-0.2, -0.15) is 0 Å². The van der Waals surface area contributed by atoms with Crippen LogP contribution in [0.4, 0.5) is 0 Å². The molecule has 1 aliphatic heterocycles. The average Bonchev–Trinajstić information content (AvgIpc) is 3.10. The van der Waals surface area contributed by atoms with Crippen LogP contribution in [0.5, 0.6) is 0 Å². The second-order valence-electron chi connectivity index (χ2n) is 12.0. The van der Waals surface area contributed by atoms with Gasteiger partial charge in [-0.3, -0.25) is 15.0 Å². The molecule has 3 aliphatic rings. The van der Waals surface area contributed by atoms with Crippen LogP contribution in [-0.4, -0.2) is 15.7 Å². The van der Waals surface area contributed by atoms with Gasteiger partial charge in [-0.1, -0.05) is 116 Å². The van der Waals surface area contributed by atoms with Crippen molar-refractivity contribution in [3.8, 4) is 11.1 Å². The molecule has 3 heteroatoms. The number of hydrogen-bond acceptors (Lipinski definition) is 3. The van der Waals surface area contributed by atoms with Gasteiger partial charge in [-0.15, -0.1) is 0 Å². The summed E-state index contributed by atoms with van der Waals surface area (Å²) in [4.78, 5) is 15.2. The molecule has 5 atom stereocenters. The molecule has 2 aromatic heterocycles. The van der Waals surface area contributed by atoms with Crippen molar-refractivity contribution in [3.63, 3.8) is 0 Å². The van der Waals surface area contributed by atoms with E-state index < -0.39 is 0 Å². The highest BCUT2D eigenvalue weighted by Gasteiger charge is 2.36. The zero-order chi connectivity index (χ0) is 29.0. The van der Waals surface area contributed by atoms with Crippen LogP contribution in [0, 0.1) is 17.8 Å². The number of dihydropyridines is 1. The highest BCUT2D eigenvalue weighted by atomic mass is 14.8. The predicted octanol–water partition coefficient (Wildman–Crippen LogP) is 9.61. The fraction of sp³-hybridized carbons (Fsp3) is 0.225. The maximum Gasteiger partial charge on any atom is 0.0789 e. The molecule has 0 saturated carbocycles. The van der Waals surface area contributed by atoms with Gasteiger partial charge < -0.3 is 0 Å². The molecule has 0 spiro atoms. The minimum absolute atomic E-state index is 0.123.